The summed E-state index contributed by atoms with van der Waals surface area (Å²) in [6.45, 7) is 2.15. The van der Waals surface area contributed by atoms with E-state index in [1.807, 2.05) is 6.92 Å². The second kappa shape index (κ2) is 7.03. The minimum Gasteiger partial charge on any atom is -0.484 e. The molecule has 0 radical (unpaired) electrons. The van der Waals surface area contributed by atoms with E-state index in [0.717, 1.165) is 0 Å². The number of rotatable bonds is 6. The summed E-state index contributed by atoms with van der Waals surface area (Å²) in [7, 11) is 0. The van der Waals surface area contributed by atoms with Crippen LogP contribution in [0, 0.1) is 11.7 Å². The molecule has 0 aliphatic heterocycles. The molecule has 0 spiro atoms. The first-order valence-corrected chi connectivity index (χ1v) is 6.68. The third-order valence-corrected chi connectivity index (χ3v) is 2.96. The second-order valence-corrected chi connectivity index (χ2v) is 4.62. The molecule has 1 fully saturated rings. The average Bonchev–Trinajstić information content (AvgIpc) is 3.24. The first-order valence-electron chi connectivity index (χ1n) is 6.68. The van der Waals surface area contributed by atoms with Crippen molar-refractivity contribution in [1.29, 1.82) is 0 Å². The van der Waals surface area contributed by atoms with Crippen molar-refractivity contribution in [2.75, 3.05) is 13.2 Å². The number of carbonyl (C=O) groups excluding carboxylic acids is 2. The molecule has 2 N–H and O–H groups in total. The molecule has 1 aliphatic rings. The van der Waals surface area contributed by atoms with E-state index in [-0.39, 0.29) is 30.4 Å². The van der Waals surface area contributed by atoms with Gasteiger partial charge < -0.3 is 9.47 Å². The van der Waals surface area contributed by atoms with E-state index in [1.165, 1.54) is 24.3 Å². The first kappa shape index (κ1) is 15.2. The topological polar surface area (TPSA) is 76.7 Å². The summed E-state index contributed by atoms with van der Waals surface area (Å²) in [5.74, 6) is -0.989. The van der Waals surface area contributed by atoms with Crippen molar-refractivity contribution < 1.29 is 23.5 Å². The quantitative estimate of drug-likeness (QED) is 0.761. The minimum atomic E-state index is -0.499. The maximum Gasteiger partial charge on any atom is 0.276 e. The summed E-state index contributed by atoms with van der Waals surface area (Å²) in [5, 5.41) is 0. The fourth-order valence-corrected chi connectivity index (χ4v) is 1.79. The van der Waals surface area contributed by atoms with Crippen LogP contribution in [-0.2, 0) is 14.3 Å². The van der Waals surface area contributed by atoms with Crippen molar-refractivity contribution in [2.45, 2.75) is 19.4 Å². The van der Waals surface area contributed by atoms with E-state index in [0.29, 0.717) is 18.8 Å². The Morgan fingerprint density at radius 1 is 1.29 bits per heavy atom. The van der Waals surface area contributed by atoms with Gasteiger partial charge in [0.2, 0.25) is 5.91 Å². The molecule has 1 aromatic rings. The van der Waals surface area contributed by atoms with Gasteiger partial charge in [0.25, 0.3) is 5.91 Å². The Bertz CT molecular complexity index is 506. The highest BCUT2D eigenvalue weighted by molar-refractivity contribution is 5.85. The number of amides is 2. The molecule has 1 aliphatic carbocycles. The zero-order chi connectivity index (χ0) is 15.2. The van der Waals surface area contributed by atoms with Crippen LogP contribution in [0.5, 0.6) is 5.75 Å². The van der Waals surface area contributed by atoms with Crippen LogP contribution >= 0.6 is 0 Å². The molecule has 6 nitrogen and oxygen atoms in total. The molecule has 1 aromatic carbocycles. The number of benzene rings is 1. The standard InChI is InChI=1S/C14H17FN2O4/c1-2-20-12-7-11(12)14(19)17-16-13(18)8-21-10-5-3-9(15)4-6-10/h3-6,11-12H,2,7-8H2,1H3,(H,16,18)(H,17,19)/t11-,12-/m0/s1. The second-order valence-electron chi connectivity index (χ2n) is 4.62. The van der Waals surface area contributed by atoms with Crippen LogP contribution in [0.3, 0.4) is 0 Å². The normalized spacial score (nSPS) is 19.7. The zero-order valence-corrected chi connectivity index (χ0v) is 11.6. The summed E-state index contributed by atoms with van der Waals surface area (Å²) in [6, 6.07) is 5.29. The zero-order valence-electron chi connectivity index (χ0n) is 11.6. The lowest BCUT2D eigenvalue weighted by Crippen LogP contribution is -2.44. The highest BCUT2D eigenvalue weighted by atomic mass is 19.1. The van der Waals surface area contributed by atoms with E-state index < -0.39 is 5.91 Å². The lowest BCUT2D eigenvalue weighted by atomic mass is 10.3. The highest BCUT2D eigenvalue weighted by Gasteiger charge is 2.44. The van der Waals surface area contributed by atoms with Crippen LogP contribution in [0.1, 0.15) is 13.3 Å². The fraction of sp³-hybridized carbons (Fsp3) is 0.429. The Labute approximate surface area is 121 Å². The van der Waals surface area contributed by atoms with E-state index >= 15 is 0 Å². The van der Waals surface area contributed by atoms with E-state index in [2.05, 4.69) is 10.9 Å². The summed E-state index contributed by atoms with van der Waals surface area (Å²) in [4.78, 5) is 23.1. The van der Waals surface area contributed by atoms with E-state index in [9.17, 15) is 14.0 Å². The Hall–Kier alpha value is -2.15. The van der Waals surface area contributed by atoms with Crippen LogP contribution in [0.4, 0.5) is 4.39 Å². The fourth-order valence-electron chi connectivity index (χ4n) is 1.79. The minimum absolute atomic E-state index is 0.0534. The van der Waals surface area contributed by atoms with Gasteiger partial charge in [0, 0.05) is 6.61 Å². The summed E-state index contributed by atoms with van der Waals surface area (Å²) < 4.78 is 23.1. The molecule has 0 heterocycles. The smallest absolute Gasteiger partial charge is 0.276 e. The number of hydrogen-bond donors (Lipinski definition) is 2. The van der Waals surface area contributed by atoms with Crippen molar-refractivity contribution in [3.63, 3.8) is 0 Å². The number of hydrazine groups is 1. The number of ether oxygens (including phenoxy) is 2. The largest absolute Gasteiger partial charge is 0.484 e. The van der Waals surface area contributed by atoms with Gasteiger partial charge in [-0.05, 0) is 37.6 Å². The van der Waals surface area contributed by atoms with Crippen molar-refractivity contribution in [1.82, 2.24) is 10.9 Å². The van der Waals surface area contributed by atoms with Crippen LogP contribution in [0.15, 0.2) is 24.3 Å². The highest BCUT2D eigenvalue weighted by Crippen LogP contribution is 2.33. The molecule has 0 aromatic heterocycles. The average molecular weight is 296 g/mol. The number of nitrogens with one attached hydrogen (secondary N) is 2. The molecule has 1 saturated carbocycles. The van der Waals surface area contributed by atoms with Gasteiger partial charge in [-0.1, -0.05) is 0 Å². The lowest BCUT2D eigenvalue weighted by molar-refractivity contribution is -0.131. The lowest BCUT2D eigenvalue weighted by Gasteiger charge is -2.08. The summed E-state index contributed by atoms with van der Waals surface area (Å²) >= 11 is 0. The third-order valence-electron chi connectivity index (χ3n) is 2.96. The monoisotopic (exact) mass is 296 g/mol. The van der Waals surface area contributed by atoms with Gasteiger partial charge in [-0.15, -0.1) is 0 Å². The number of halogens is 1. The van der Waals surface area contributed by atoms with Crippen LogP contribution in [0.25, 0.3) is 0 Å². The maximum absolute atomic E-state index is 12.7. The van der Waals surface area contributed by atoms with E-state index in [4.69, 9.17) is 9.47 Å². The van der Waals surface area contributed by atoms with Crippen molar-refractivity contribution in [3.8, 4) is 5.75 Å². The van der Waals surface area contributed by atoms with Crippen molar-refractivity contribution in [3.05, 3.63) is 30.1 Å². The molecule has 0 unspecified atom stereocenters. The molecule has 114 valence electrons. The molecular formula is C14H17FN2O4. The van der Waals surface area contributed by atoms with Crippen LogP contribution in [0.2, 0.25) is 0 Å². The van der Waals surface area contributed by atoms with Gasteiger partial charge in [-0.25, -0.2) is 4.39 Å². The first-order chi connectivity index (χ1) is 10.1. The van der Waals surface area contributed by atoms with Crippen LogP contribution < -0.4 is 15.6 Å². The molecule has 0 saturated heterocycles. The number of hydrogen-bond acceptors (Lipinski definition) is 4. The Morgan fingerprint density at radius 2 is 2.00 bits per heavy atom. The molecule has 2 amide bonds. The molecule has 7 heteroatoms. The van der Waals surface area contributed by atoms with Crippen LogP contribution in [-0.4, -0.2) is 31.1 Å². The predicted octanol–water partition coefficient (Wildman–Crippen LogP) is 0.777. The number of carbonyl (C=O) groups is 2. The Morgan fingerprint density at radius 3 is 2.67 bits per heavy atom. The van der Waals surface area contributed by atoms with Gasteiger partial charge in [-0.2, -0.15) is 0 Å². The van der Waals surface area contributed by atoms with Crippen molar-refractivity contribution in [2.24, 2.45) is 5.92 Å². The van der Waals surface area contributed by atoms with Gasteiger partial charge in [-0.3, -0.25) is 20.4 Å². The predicted molar refractivity (Wildman–Crippen MR) is 71.7 cm³/mol. The Kier molecular flexibility index (Phi) is 5.10. The van der Waals surface area contributed by atoms with Gasteiger partial charge >= 0.3 is 0 Å². The summed E-state index contributed by atoms with van der Waals surface area (Å²) in [5.41, 5.74) is 4.57. The Balaban J connectivity index is 1.64. The molecule has 2 rings (SSSR count). The summed E-state index contributed by atoms with van der Waals surface area (Å²) in [6.07, 6.45) is 0.615. The van der Waals surface area contributed by atoms with Crippen molar-refractivity contribution >= 4 is 11.8 Å². The molecule has 21 heavy (non-hydrogen) atoms. The maximum atomic E-state index is 12.7. The van der Waals surface area contributed by atoms with E-state index in [1.54, 1.807) is 0 Å². The molecule has 2 atom stereocenters. The third kappa shape index (κ3) is 4.71. The van der Waals surface area contributed by atoms with Gasteiger partial charge in [0.15, 0.2) is 6.61 Å². The van der Waals surface area contributed by atoms with Gasteiger partial charge in [0.05, 0.1) is 12.0 Å². The SMILES string of the molecule is CCO[C@H]1C[C@@H]1C(=O)NNC(=O)COc1ccc(F)cc1. The molecular weight excluding hydrogens is 279 g/mol. The van der Waals surface area contributed by atoms with Gasteiger partial charge in [0.1, 0.15) is 11.6 Å². The molecule has 0 bridgehead atoms.